The number of oxime groups is 1. The molecule has 0 spiro atoms. The SMILES string of the molecule is COc1cc(/C(=N/O)c2cnn(-c3ccccc3)n2)cc(OC)c1OC. The van der Waals surface area contributed by atoms with Crippen LogP contribution in [0.15, 0.2) is 53.8 Å². The van der Waals surface area contributed by atoms with E-state index < -0.39 is 0 Å². The van der Waals surface area contributed by atoms with Gasteiger partial charge >= 0.3 is 0 Å². The van der Waals surface area contributed by atoms with Gasteiger partial charge in [0.2, 0.25) is 5.75 Å². The van der Waals surface area contributed by atoms with Gasteiger partial charge in [-0.25, -0.2) is 0 Å². The van der Waals surface area contributed by atoms with E-state index in [1.54, 1.807) is 12.1 Å². The van der Waals surface area contributed by atoms with Gasteiger partial charge in [-0.3, -0.25) is 0 Å². The summed E-state index contributed by atoms with van der Waals surface area (Å²) in [5.41, 5.74) is 1.96. The molecular formula is C18H18N4O4. The summed E-state index contributed by atoms with van der Waals surface area (Å²) < 4.78 is 16.0. The highest BCUT2D eigenvalue weighted by Crippen LogP contribution is 2.38. The van der Waals surface area contributed by atoms with E-state index in [9.17, 15) is 5.21 Å². The van der Waals surface area contributed by atoms with E-state index >= 15 is 0 Å². The van der Waals surface area contributed by atoms with E-state index in [1.165, 1.54) is 32.3 Å². The smallest absolute Gasteiger partial charge is 0.203 e. The predicted octanol–water partition coefficient (Wildman–Crippen LogP) is 2.52. The minimum Gasteiger partial charge on any atom is -0.493 e. The molecule has 1 N–H and O–H groups in total. The van der Waals surface area contributed by atoms with Crippen LogP contribution in [-0.2, 0) is 0 Å². The maximum Gasteiger partial charge on any atom is 0.203 e. The van der Waals surface area contributed by atoms with Gasteiger partial charge in [0.15, 0.2) is 11.5 Å². The fourth-order valence-corrected chi connectivity index (χ4v) is 2.53. The molecule has 0 radical (unpaired) electrons. The minimum absolute atomic E-state index is 0.228. The molecule has 0 aliphatic heterocycles. The van der Waals surface area contributed by atoms with E-state index in [0.717, 1.165) is 5.69 Å². The lowest BCUT2D eigenvalue weighted by Crippen LogP contribution is -2.07. The van der Waals surface area contributed by atoms with Gasteiger partial charge in [0.25, 0.3) is 0 Å². The van der Waals surface area contributed by atoms with Crippen LogP contribution in [0.25, 0.3) is 5.69 Å². The van der Waals surface area contributed by atoms with Gasteiger partial charge in [-0.15, -0.1) is 5.10 Å². The van der Waals surface area contributed by atoms with Gasteiger partial charge in [-0.1, -0.05) is 23.4 Å². The third kappa shape index (κ3) is 3.16. The maximum atomic E-state index is 9.56. The van der Waals surface area contributed by atoms with E-state index in [4.69, 9.17) is 14.2 Å². The van der Waals surface area contributed by atoms with E-state index in [2.05, 4.69) is 15.4 Å². The maximum absolute atomic E-state index is 9.56. The number of methoxy groups -OCH3 is 3. The Morgan fingerprint density at radius 2 is 1.65 bits per heavy atom. The molecule has 1 aromatic heterocycles. The van der Waals surface area contributed by atoms with Crippen molar-refractivity contribution in [3.8, 4) is 22.9 Å². The number of nitrogens with zero attached hydrogens (tertiary/aromatic N) is 4. The van der Waals surface area contributed by atoms with Crippen LogP contribution in [0.5, 0.6) is 17.2 Å². The fourth-order valence-electron chi connectivity index (χ4n) is 2.53. The Kier molecular flexibility index (Phi) is 5.02. The molecule has 0 amide bonds. The molecule has 134 valence electrons. The monoisotopic (exact) mass is 354 g/mol. The summed E-state index contributed by atoms with van der Waals surface area (Å²) in [7, 11) is 4.55. The zero-order chi connectivity index (χ0) is 18.5. The topological polar surface area (TPSA) is 91.0 Å². The Balaban J connectivity index is 2.04. The highest BCUT2D eigenvalue weighted by Gasteiger charge is 2.19. The highest BCUT2D eigenvalue weighted by molar-refractivity contribution is 6.11. The third-order valence-electron chi connectivity index (χ3n) is 3.76. The molecule has 0 aliphatic carbocycles. The number of ether oxygens (including phenoxy) is 3. The normalized spacial score (nSPS) is 11.3. The Bertz CT molecular complexity index is 897. The molecule has 2 aromatic carbocycles. The highest BCUT2D eigenvalue weighted by atomic mass is 16.5. The number of rotatable bonds is 6. The van der Waals surface area contributed by atoms with Crippen LogP contribution < -0.4 is 14.2 Å². The molecule has 0 saturated carbocycles. The molecule has 26 heavy (non-hydrogen) atoms. The number of hydrogen-bond donors (Lipinski definition) is 1. The standard InChI is InChI=1S/C18H18N4O4/c1-24-15-9-12(10-16(25-2)18(15)26-3)17(21-23)14-11-19-22(20-14)13-7-5-4-6-8-13/h4-11,23H,1-3H3/b21-17-. The molecular weight excluding hydrogens is 336 g/mol. The van der Waals surface area contributed by atoms with Crippen LogP contribution in [0.1, 0.15) is 11.3 Å². The summed E-state index contributed by atoms with van der Waals surface area (Å²) in [6.07, 6.45) is 1.52. The van der Waals surface area contributed by atoms with Crippen molar-refractivity contribution in [3.05, 3.63) is 59.9 Å². The van der Waals surface area contributed by atoms with Crippen LogP contribution >= 0.6 is 0 Å². The Labute approximate surface area is 150 Å². The van der Waals surface area contributed by atoms with E-state index in [0.29, 0.717) is 28.5 Å². The zero-order valence-corrected chi connectivity index (χ0v) is 14.6. The van der Waals surface area contributed by atoms with Crippen LogP contribution in [-0.4, -0.2) is 47.2 Å². The molecule has 0 atom stereocenters. The fraction of sp³-hybridized carbons (Fsp3) is 0.167. The Hall–Kier alpha value is -3.55. The lowest BCUT2D eigenvalue weighted by molar-refractivity contribution is 0.318. The van der Waals surface area contributed by atoms with Crippen molar-refractivity contribution in [3.63, 3.8) is 0 Å². The lowest BCUT2D eigenvalue weighted by atomic mass is 10.1. The van der Waals surface area contributed by atoms with Crippen molar-refractivity contribution >= 4 is 5.71 Å². The second-order valence-electron chi connectivity index (χ2n) is 5.22. The van der Waals surface area contributed by atoms with Gasteiger partial charge in [0.05, 0.1) is 33.2 Å². The summed E-state index contributed by atoms with van der Waals surface area (Å²) in [6.45, 7) is 0. The van der Waals surface area contributed by atoms with Gasteiger partial charge < -0.3 is 19.4 Å². The van der Waals surface area contributed by atoms with Crippen LogP contribution in [0, 0.1) is 0 Å². The molecule has 0 unspecified atom stereocenters. The summed E-state index contributed by atoms with van der Waals surface area (Å²) in [5, 5.41) is 21.6. The molecule has 0 fully saturated rings. The molecule has 3 aromatic rings. The van der Waals surface area contributed by atoms with Crippen LogP contribution in [0.2, 0.25) is 0 Å². The van der Waals surface area contributed by atoms with Gasteiger partial charge in [0.1, 0.15) is 11.4 Å². The van der Waals surface area contributed by atoms with Crippen molar-refractivity contribution in [1.82, 2.24) is 15.0 Å². The summed E-state index contributed by atoms with van der Waals surface area (Å²) in [4.78, 5) is 1.46. The molecule has 8 heteroatoms. The average molecular weight is 354 g/mol. The summed E-state index contributed by atoms with van der Waals surface area (Å²) in [5.74, 6) is 1.33. The van der Waals surface area contributed by atoms with E-state index in [1.807, 2.05) is 30.3 Å². The van der Waals surface area contributed by atoms with Crippen LogP contribution in [0.3, 0.4) is 0 Å². The van der Waals surface area contributed by atoms with Gasteiger partial charge in [-0.2, -0.15) is 9.90 Å². The van der Waals surface area contributed by atoms with E-state index in [-0.39, 0.29) is 5.71 Å². The van der Waals surface area contributed by atoms with Gasteiger partial charge in [0, 0.05) is 5.56 Å². The average Bonchev–Trinajstić information content (AvgIpc) is 3.18. The van der Waals surface area contributed by atoms with Crippen molar-refractivity contribution < 1.29 is 19.4 Å². The first-order valence-corrected chi connectivity index (χ1v) is 7.72. The second-order valence-corrected chi connectivity index (χ2v) is 5.22. The van der Waals surface area contributed by atoms with Gasteiger partial charge in [-0.05, 0) is 24.3 Å². The van der Waals surface area contributed by atoms with Crippen molar-refractivity contribution in [1.29, 1.82) is 0 Å². The Morgan fingerprint density at radius 3 is 2.19 bits per heavy atom. The van der Waals surface area contributed by atoms with Crippen molar-refractivity contribution in [2.75, 3.05) is 21.3 Å². The molecule has 8 nitrogen and oxygen atoms in total. The first-order valence-electron chi connectivity index (χ1n) is 7.72. The van der Waals surface area contributed by atoms with Crippen LogP contribution in [0.4, 0.5) is 0 Å². The number of aromatic nitrogens is 3. The quantitative estimate of drug-likeness (QED) is 0.415. The lowest BCUT2D eigenvalue weighted by Gasteiger charge is -2.14. The summed E-state index contributed by atoms with van der Waals surface area (Å²) >= 11 is 0. The number of benzene rings is 2. The summed E-state index contributed by atoms with van der Waals surface area (Å²) in [6, 6.07) is 12.8. The van der Waals surface area contributed by atoms with Crippen molar-refractivity contribution in [2.24, 2.45) is 5.16 Å². The predicted molar refractivity (Wildman–Crippen MR) is 94.9 cm³/mol. The molecule has 0 bridgehead atoms. The Morgan fingerprint density at radius 1 is 1.00 bits per heavy atom. The first kappa shape index (κ1) is 17.3. The third-order valence-corrected chi connectivity index (χ3v) is 3.76. The van der Waals surface area contributed by atoms with Crippen molar-refractivity contribution in [2.45, 2.75) is 0 Å². The molecule has 1 heterocycles. The second kappa shape index (κ2) is 7.56. The molecule has 3 rings (SSSR count). The zero-order valence-electron chi connectivity index (χ0n) is 14.6. The number of para-hydroxylation sites is 1. The minimum atomic E-state index is 0.228. The number of hydrogen-bond acceptors (Lipinski definition) is 7. The molecule has 0 saturated heterocycles. The largest absolute Gasteiger partial charge is 0.493 e. The molecule has 0 aliphatic rings. The first-order chi connectivity index (χ1) is 12.7.